The van der Waals surface area contributed by atoms with Gasteiger partial charge in [0.05, 0.1) is 6.42 Å². The van der Waals surface area contributed by atoms with Crippen molar-refractivity contribution in [3.63, 3.8) is 0 Å². The van der Waals surface area contributed by atoms with Gasteiger partial charge >= 0.3 is 5.97 Å². The molecule has 5 rings (SSSR count). The van der Waals surface area contributed by atoms with Crippen LogP contribution in [0.25, 0.3) is 10.9 Å². The number of benzene rings is 2. The Bertz CT molecular complexity index is 1200. The van der Waals surface area contributed by atoms with E-state index in [1.54, 1.807) is 6.07 Å². The molecule has 0 aliphatic heterocycles. The average molecular weight is 472 g/mol. The van der Waals surface area contributed by atoms with Crippen LogP contribution >= 0.6 is 0 Å². The Hall–Kier alpha value is -2.96. The second-order valence-corrected chi connectivity index (χ2v) is 9.53. The highest BCUT2D eigenvalue weighted by Crippen LogP contribution is 2.41. The fraction of sp³-hybridized carbons (Fsp3) is 0.444. The molecule has 2 atom stereocenters. The third-order valence-corrected chi connectivity index (χ3v) is 7.35. The van der Waals surface area contributed by atoms with Crippen LogP contribution in [0.3, 0.4) is 0 Å². The Kier molecular flexibility index (Phi) is 6.28. The highest BCUT2D eigenvalue weighted by Gasteiger charge is 2.30. The summed E-state index contributed by atoms with van der Waals surface area (Å²) < 4.78 is 46.9. The molecule has 0 saturated heterocycles. The minimum atomic E-state index is -3.06. The number of nitrogens with one attached hydrogen (secondary N) is 1. The maximum absolute atomic E-state index is 14.5. The Morgan fingerprint density at radius 3 is 2.62 bits per heavy atom. The fourth-order valence-corrected chi connectivity index (χ4v) is 5.70. The lowest BCUT2D eigenvalue weighted by atomic mass is 9.89. The molecule has 1 fully saturated rings. The van der Waals surface area contributed by atoms with Crippen LogP contribution in [0.5, 0.6) is 5.75 Å². The summed E-state index contributed by atoms with van der Waals surface area (Å²) in [5.74, 6) is -0.0427. The molecule has 1 saturated carbocycles. The summed E-state index contributed by atoms with van der Waals surface area (Å²) in [5, 5.41) is 10.2. The zero-order chi connectivity index (χ0) is 23.8. The monoisotopic (exact) mass is 471 g/mol. The van der Waals surface area contributed by atoms with Crippen LogP contribution in [0.1, 0.15) is 84.5 Å². The predicted molar refractivity (Wildman–Crippen MR) is 123 cm³/mol. The van der Waals surface area contributed by atoms with Crippen LogP contribution in [0.4, 0.5) is 13.2 Å². The quantitative estimate of drug-likeness (QED) is 0.366. The maximum Gasteiger partial charge on any atom is 0.304 e. The molecule has 0 radical (unpaired) electrons. The predicted octanol–water partition coefficient (Wildman–Crippen LogP) is 7.18. The summed E-state index contributed by atoms with van der Waals surface area (Å²) in [6.07, 6.45) is 0.281. The van der Waals surface area contributed by atoms with Crippen molar-refractivity contribution in [3.05, 3.63) is 64.3 Å². The van der Waals surface area contributed by atoms with Gasteiger partial charge in [-0.25, -0.2) is 13.2 Å². The molecule has 0 spiro atoms. The molecular weight excluding hydrogens is 443 g/mol. The van der Waals surface area contributed by atoms with Crippen molar-refractivity contribution in [1.82, 2.24) is 4.98 Å². The number of aryl methyl sites for hydroxylation is 1. The molecule has 2 aromatic carbocycles. The first kappa shape index (κ1) is 22.8. The molecule has 2 aliphatic rings. The first-order valence-electron chi connectivity index (χ1n) is 11.9. The van der Waals surface area contributed by atoms with Crippen LogP contribution in [0.15, 0.2) is 36.4 Å². The molecule has 34 heavy (non-hydrogen) atoms. The third-order valence-electron chi connectivity index (χ3n) is 7.35. The van der Waals surface area contributed by atoms with E-state index in [-0.39, 0.29) is 30.4 Å². The van der Waals surface area contributed by atoms with Crippen molar-refractivity contribution < 1.29 is 27.8 Å². The normalized spacial score (nSPS) is 19.1. The Morgan fingerprint density at radius 1 is 1.09 bits per heavy atom. The van der Waals surface area contributed by atoms with Gasteiger partial charge in [-0.2, -0.15) is 0 Å². The number of H-pyrrole nitrogens is 1. The van der Waals surface area contributed by atoms with E-state index >= 15 is 0 Å². The number of halogens is 3. The number of rotatable bonds is 8. The summed E-state index contributed by atoms with van der Waals surface area (Å²) in [6, 6.07) is 10.8. The standard InChI is InChI=1S/C27H28F3NO3/c28-25(27(29)30)22-11-15(5-8-19(22)16-3-1-2-4-16)14-34-18-7-10-23-21(13-18)20-9-6-17(12-24(32)33)26(20)31-23/h5,7-8,10-11,13,16-17,25,27,31H,1-4,6,9,12,14H2,(H,32,33). The van der Waals surface area contributed by atoms with Gasteiger partial charge in [0.15, 0.2) is 6.17 Å². The Labute approximate surface area is 196 Å². The smallest absolute Gasteiger partial charge is 0.304 e. The van der Waals surface area contributed by atoms with E-state index in [1.165, 1.54) is 6.07 Å². The van der Waals surface area contributed by atoms with E-state index in [2.05, 4.69) is 4.98 Å². The van der Waals surface area contributed by atoms with Gasteiger partial charge in [-0.1, -0.05) is 25.0 Å². The van der Waals surface area contributed by atoms with Gasteiger partial charge in [-0.3, -0.25) is 4.79 Å². The van der Waals surface area contributed by atoms with E-state index < -0.39 is 18.6 Å². The molecule has 1 aromatic heterocycles. The van der Waals surface area contributed by atoms with Crippen LogP contribution in [0, 0.1) is 0 Å². The number of alkyl halides is 3. The molecule has 180 valence electrons. The molecule has 2 aliphatic carbocycles. The molecule has 7 heteroatoms. The largest absolute Gasteiger partial charge is 0.489 e. The summed E-state index contributed by atoms with van der Waals surface area (Å²) in [4.78, 5) is 14.5. The number of fused-ring (bicyclic) bond motifs is 3. The SMILES string of the molecule is O=C(O)CC1CCc2c1[nH]c1ccc(OCc3ccc(C4CCCC4)c(C(F)C(F)F)c3)cc21. The minimum Gasteiger partial charge on any atom is -0.489 e. The maximum atomic E-state index is 14.5. The van der Waals surface area contributed by atoms with Crippen molar-refractivity contribution in [2.24, 2.45) is 0 Å². The number of carboxylic acid groups (broad SMARTS) is 1. The second kappa shape index (κ2) is 9.35. The van der Waals surface area contributed by atoms with Crippen molar-refractivity contribution in [2.45, 2.75) is 76.0 Å². The van der Waals surface area contributed by atoms with Gasteiger partial charge in [0.25, 0.3) is 6.43 Å². The second-order valence-electron chi connectivity index (χ2n) is 9.53. The number of hydrogen-bond donors (Lipinski definition) is 2. The van der Waals surface area contributed by atoms with Crippen molar-refractivity contribution in [3.8, 4) is 5.75 Å². The number of aromatic amines is 1. The average Bonchev–Trinajstić information content (AvgIpc) is 3.55. The third kappa shape index (κ3) is 4.40. The summed E-state index contributed by atoms with van der Waals surface area (Å²) in [5.41, 5.74) is 4.50. The summed E-state index contributed by atoms with van der Waals surface area (Å²) in [7, 11) is 0. The Morgan fingerprint density at radius 2 is 1.88 bits per heavy atom. The van der Waals surface area contributed by atoms with E-state index in [0.717, 1.165) is 60.7 Å². The first-order chi connectivity index (χ1) is 16.4. The molecule has 2 N–H and O–H groups in total. The van der Waals surface area contributed by atoms with E-state index in [0.29, 0.717) is 16.9 Å². The van der Waals surface area contributed by atoms with Gasteiger partial charge in [0, 0.05) is 22.5 Å². The number of aromatic nitrogens is 1. The zero-order valence-corrected chi connectivity index (χ0v) is 18.8. The molecule has 1 heterocycles. The van der Waals surface area contributed by atoms with Crippen LogP contribution in [-0.2, 0) is 17.8 Å². The van der Waals surface area contributed by atoms with Crippen molar-refractivity contribution in [2.75, 3.05) is 0 Å². The Balaban J connectivity index is 1.36. The summed E-state index contributed by atoms with van der Waals surface area (Å²) in [6.45, 7) is 0.146. The van der Waals surface area contributed by atoms with Crippen LogP contribution in [-0.4, -0.2) is 22.5 Å². The number of hydrogen-bond acceptors (Lipinski definition) is 2. The number of carbonyl (C=O) groups is 1. The van der Waals surface area contributed by atoms with E-state index in [4.69, 9.17) is 9.84 Å². The lowest BCUT2D eigenvalue weighted by molar-refractivity contribution is -0.137. The molecule has 3 aromatic rings. The molecule has 0 amide bonds. The van der Waals surface area contributed by atoms with Crippen molar-refractivity contribution in [1.29, 1.82) is 0 Å². The number of carboxylic acids is 1. The summed E-state index contributed by atoms with van der Waals surface area (Å²) >= 11 is 0. The van der Waals surface area contributed by atoms with E-state index in [1.807, 2.05) is 24.3 Å². The van der Waals surface area contributed by atoms with Crippen LogP contribution < -0.4 is 4.74 Å². The first-order valence-corrected chi connectivity index (χ1v) is 11.9. The molecule has 2 unspecified atom stereocenters. The van der Waals surface area contributed by atoms with Gasteiger partial charge in [0.1, 0.15) is 12.4 Å². The number of ether oxygens (including phenoxy) is 1. The number of aliphatic carboxylic acids is 1. The topological polar surface area (TPSA) is 62.3 Å². The lowest BCUT2D eigenvalue weighted by Gasteiger charge is -2.19. The van der Waals surface area contributed by atoms with Gasteiger partial charge in [-0.05, 0) is 78.1 Å². The molecular formula is C27H28F3NO3. The zero-order valence-electron chi connectivity index (χ0n) is 18.8. The van der Waals surface area contributed by atoms with Gasteiger partial charge in [-0.15, -0.1) is 0 Å². The van der Waals surface area contributed by atoms with Crippen molar-refractivity contribution >= 4 is 16.9 Å². The lowest BCUT2D eigenvalue weighted by Crippen LogP contribution is -2.10. The van der Waals surface area contributed by atoms with E-state index in [9.17, 15) is 18.0 Å². The fourth-order valence-electron chi connectivity index (χ4n) is 5.70. The van der Waals surface area contributed by atoms with Gasteiger partial charge < -0.3 is 14.8 Å². The van der Waals surface area contributed by atoms with Crippen LogP contribution in [0.2, 0.25) is 0 Å². The van der Waals surface area contributed by atoms with Gasteiger partial charge in [0.2, 0.25) is 0 Å². The molecule has 4 nitrogen and oxygen atoms in total. The highest BCUT2D eigenvalue weighted by molar-refractivity contribution is 5.87. The minimum absolute atomic E-state index is 0.00967. The molecule has 0 bridgehead atoms. The highest BCUT2D eigenvalue weighted by atomic mass is 19.3.